The molecule has 0 atom stereocenters. The summed E-state index contributed by atoms with van der Waals surface area (Å²) in [7, 11) is 2.18. The van der Waals surface area contributed by atoms with Crippen LogP contribution in [0, 0.1) is 0 Å². The third-order valence-corrected chi connectivity index (χ3v) is 2.45. The van der Waals surface area contributed by atoms with E-state index < -0.39 is 0 Å². The van der Waals surface area contributed by atoms with Gasteiger partial charge in [-0.2, -0.15) is 0 Å². The molecular weight excluding hydrogens is 146 g/mol. The van der Waals surface area contributed by atoms with E-state index in [2.05, 4.69) is 52.6 Å². The van der Waals surface area contributed by atoms with E-state index in [0.717, 1.165) is 13.0 Å². The van der Waals surface area contributed by atoms with E-state index >= 15 is 0 Å². The Morgan fingerprint density at radius 1 is 1.33 bits per heavy atom. The standard InChI is InChI=1S/C11H23N/c1-7-10(8-2)9-12(6)11(3,4)5/h7H,8-9H2,1-6H3/b10-7+. The van der Waals surface area contributed by atoms with Gasteiger partial charge < -0.3 is 0 Å². The second kappa shape index (κ2) is 4.66. The van der Waals surface area contributed by atoms with Crippen molar-refractivity contribution in [3.8, 4) is 0 Å². The first-order valence-electron chi connectivity index (χ1n) is 4.77. The van der Waals surface area contributed by atoms with Gasteiger partial charge in [-0.1, -0.05) is 18.6 Å². The van der Waals surface area contributed by atoms with E-state index in [4.69, 9.17) is 0 Å². The van der Waals surface area contributed by atoms with Crippen LogP contribution in [-0.4, -0.2) is 24.0 Å². The Morgan fingerprint density at radius 3 is 2.08 bits per heavy atom. The van der Waals surface area contributed by atoms with Crippen LogP contribution >= 0.6 is 0 Å². The highest BCUT2D eigenvalue weighted by molar-refractivity contribution is 5.02. The predicted molar refractivity (Wildman–Crippen MR) is 56.4 cm³/mol. The maximum Gasteiger partial charge on any atom is 0.0194 e. The molecule has 0 aromatic heterocycles. The molecule has 0 aromatic rings. The highest BCUT2D eigenvalue weighted by atomic mass is 15.2. The minimum atomic E-state index is 0.281. The SMILES string of the molecule is C/C=C(\CC)CN(C)C(C)(C)C. The quantitative estimate of drug-likeness (QED) is 0.587. The van der Waals surface area contributed by atoms with Crippen LogP contribution in [0.3, 0.4) is 0 Å². The maximum absolute atomic E-state index is 2.38. The summed E-state index contributed by atoms with van der Waals surface area (Å²) in [6, 6.07) is 0. The average Bonchev–Trinajstić information content (AvgIpc) is 1.97. The Balaban J connectivity index is 4.09. The van der Waals surface area contributed by atoms with Gasteiger partial charge in [0.25, 0.3) is 0 Å². The van der Waals surface area contributed by atoms with Crippen LogP contribution in [-0.2, 0) is 0 Å². The van der Waals surface area contributed by atoms with Crippen molar-refractivity contribution >= 4 is 0 Å². The van der Waals surface area contributed by atoms with Crippen LogP contribution in [0.4, 0.5) is 0 Å². The Kier molecular flexibility index (Phi) is 4.54. The highest BCUT2D eigenvalue weighted by Crippen LogP contribution is 2.13. The summed E-state index contributed by atoms with van der Waals surface area (Å²) in [6.07, 6.45) is 3.39. The van der Waals surface area contributed by atoms with Gasteiger partial charge in [0.2, 0.25) is 0 Å². The van der Waals surface area contributed by atoms with Gasteiger partial charge in [-0.15, -0.1) is 0 Å². The fraction of sp³-hybridized carbons (Fsp3) is 0.818. The molecule has 0 rings (SSSR count). The lowest BCUT2D eigenvalue weighted by molar-refractivity contribution is 0.190. The molecule has 0 fully saturated rings. The summed E-state index contributed by atoms with van der Waals surface area (Å²) < 4.78 is 0. The van der Waals surface area contributed by atoms with E-state index in [9.17, 15) is 0 Å². The van der Waals surface area contributed by atoms with Crippen molar-refractivity contribution in [3.63, 3.8) is 0 Å². The first-order valence-corrected chi connectivity index (χ1v) is 4.77. The molecule has 72 valence electrons. The largest absolute Gasteiger partial charge is 0.298 e. The maximum atomic E-state index is 2.38. The minimum Gasteiger partial charge on any atom is -0.298 e. The van der Waals surface area contributed by atoms with Crippen LogP contribution in [0.5, 0.6) is 0 Å². The third kappa shape index (κ3) is 3.91. The van der Waals surface area contributed by atoms with E-state index in [-0.39, 0.29) is 5.54 Å². The zero-order chi connectivity index (χ0) is 9.78. The molecule has 0 unspecified atom stereocenters. The molecular formula is C11H23N. The fourth-order valence-electron chi connectivity index (χ4n) is 0.949. The summed E-state index contributed by atoms with van der Waals surface area (Å²) >= 11 is 0. The summed E-state index contributed by atoms with van der Waals surface area (Å²) in [6.45, 7) is 12.2. The molecule has 0 radical (unpaired) electrons. The van der Waals surface area contributed by atoms with Crippen molar-refractivity contribution in [3.05, 3.63) is 11.6 Å². The Hall–Kier alpha value is -0.300. The van der Waals surface area contributed by atoms with Gasteiger partial charge >= 0.3 is 0 Å². The summed E-state index contributed by atoms with van der Waals surface area (Å²) in [4.78, 5) is 2.38. The van der Waals surface area contributed by atoms with Crippen molar-refractivity contribution in [2.24, 2.45) is 0 Å². The first kappa shape index (κ1) is 11.7. The fourth-order valence-corrected chi connectivity index (χ4v) is 0.949. The van der Waals surface area contributed by atoms with Crippen LogP contribution in [0.1, 0.15) is 41.0 Å². The van der Waals surface area contributed by atoms with Gasteiger partial charge in [-0.3, -0.25) is 4.90 Å². The zero-order valence-corrected chi connectivity index (χ0v) is 9.44. The van der Waals surface area contributed by atoms with E-state index in [1.165, 1.54) is 5.57 Å². The average molecular weight is 169 g/mol. The molecule has 0 aliphatic carbocycles. The summed E-state index contributed by atoms with van der Waals surface area (Å²) in [5.74, 6) is 0. The first-order chi connectivity index (χ1) is 5.41. The molecule has 0 spiro atoms. The molecule has 0 bridgehead atoms. The molecule has 0 saturated heterocycles. The van der Waals surface area contributed by atoms with Crippen molar-refractivity contribution in [1.82, 2.24) is 4.90 Å². The molecule has 0 N–H and O–H groups in total. The molecule has 0 aliphatic rings. The lowest BCUT2D eigenvalue weighted by atomic mass is 10.1. The minimum absolute atomic E-state index is 0.281. The van der Waals surface area contributed by atoms with Gasteiger partial charge in [0.15, 0.2) is 0 Å². The summed E-state index contributed by atoms with van der Waals surface area (Å²) in [5.41, 5.74) is 1.80. The van der Waals surface area contributed by atoms with Gasteiger partial charge in [0.1, 0.15) is 0 Å². The van der Waals surface area contributed by atoms with Crippen LogP contribution in [0.15, 0.2) is 11.6 Å². The van der Waals surface area contributed by atoms with Gasteiger partial charge in [0.05, 0.1) is 0 Å². The molecule has 0 amide bonds. The second-order valence-electron chi connectivity index (χ2n) is 4.33. The summed E-state index contributed by atoms with van der Waals surface area (Å²) in [5, 5.41) is 0. The molecule has 1 heteroatoms. The number of nitrogens with zero attached hydrogens (tertiary/aromatic N) is 1. The predicted octanol–water partition coefficient (Wildman–Crippen LogP) is 3.07. The van der Waals surface area contributed by atoms with Gasteiger partial charge in [-0.05, 0) is 41.2 Å². The van der Waals surface area contributed by atoms with Crippen molar-refractivity contribution in [2.75, 3.05) is 13.6 Å². The Labute approximate surface area is 77.5 Å². The monoisotopic (exact) mass is 169 g/mol. The highest BCUT2D eigenvalue weighted by Gasteiger charge is 2.16. The van der Waals surface area contributed by atoms with Gasteiger partial charge in [-0.25, -0.2) is 0 Å². The molecule has 0 aliphatic heterocycles. The van der Waals surface area contributed by atoms with E-state index in [1.807, 2.05) is 0 Å². The molecule has 0 saturated carbocycles. The number of allylic oxidation sites excluding steroid dienone is 1. The molecule has 0 aromatic carbocycles. The van der Waals surface area contributed by atoms with Crippen molar-refractivity contribution < 1.29 is 0 Å². The van der Waals surface area contributed by atoms with Crippen molar-refractivity contribution in [2.45, 2.75) is 46.6 Å². The van der Waals surface area contributed by atoms with Crippen LogP contribution in [0.25, 0.3) is 0 Å². The van der Waals surface area contributed by atoms with Crippen LogP contribution in [0.2, 0.25) is 0 Å². The smallest absolute Gasteiger partial charge is 0.0194 e. The lowest BCUT2D eigenvalue weighted by Gasteiger charge is -2.32. The number of hydrogen-bond donors (Lipinski definition) is 0. The molecule has 0 heterocycles. The van der Waals surface area contributed by atoms with E-state index in [1.54, 1.807) is 0 Å². The molecule has 1 nitrogen and oxygen atoms in total. The van der Waals surface area contributed by atoms with E-state index in [0.29, 0.717) is 0 Å². The Bertz CT molecular complexity index is 151. The number of likely N-dealkylation sites (N-methyl/N-ethyl adjacent to an activating group) is 1. The normalized spacial score (nSPS) is 14.1. The number of rotatable bonds is 3. The third-order valence-electron chi connectivity index (χ3n) is 2.45. The zero-order valence-electron chi connectivity index (χ0n) is 9.44. The van der Waals surface area contributed by atoms with Crippen molar-refractivity contribution in [1.29, 1.82) is 0 Å². The van der Waals surface area contributed by atoms with Gasteiger partial charge in [0, 0.05) is 12.1 Å². The molecule has 12 heavy (non-hydrogen) atoms. The Morgan fingerprint density at radius 2 is 1.83 bits per heavy atom. The second-order valence-corrected chi connectivity index (χ2v) is 4.33. The topological polar surface area (TPSA) is 3.24 Å². The van der Waals surface area contributed by atoms with Crippen LogP contribution < -0.4 is 0 Å². The lowest BCUT2D eigenvalue weighted by Crippen LogP contribution is -2.39. The number of hydrogen-bond acceptors (Lipinski definition) is 1.